The van der Waals surface area contributed by atoms with Crippen molar-refractivity contribution in [1.82, 2.24) is 10.0 Å². The van der Waals surface area contributed by atoms with Gasteiger partial charge in [0.2, 0.25) is 15.9 Å². The Hall–Kier alpha value is -1.05. The molecule has 7 heteroatoms. The molecule has 5 nitrogen and oxygen atoms in total. The highest BCUT2D eigenvalue weighted by Gasteiger charge is 2.12. The largest absolute Gasteiger partial charge is 0.355 e. The Balaban J connectivity index is 2.59. The van der Waals surface area contributed by atoms with Crippen LogP contribution in [-0.2, 0) is 14.8 Å². The van der Waals surface area contributed by atoms with E-state index in [0.717, 1.165) is 4.90 Å². The number of benzene rings is 1. The number of rotatable bonds is 6. The topological polar surface area (TPSA) is 75.3 Å². The predicted molar refractivity (Wildman–Crippen MR) is 72.1 cm³/mol. The Labute approximate surface area is 111 Å². The number of carbonyl (C=O) groups is 1. The van der Waals surface area contributed by atoms with Crippen LogP contribution >= 0.6 is 11.8 Å². The standard InChI is InChI=1S/C11H16N2O3S2/c1-9(14)12-7-8-13-18(15,16)11-5-3-10(17-2)4-6-11/h3-6,13H,7-8H2,1-2H3,(H,12,14). The lowest BCUT2D eigenvalue weighted by Crippen LogP contribution is -2.33. The molecule has 0 spiro atoms. The summed E-state index contributed by atoms with van der Waals surface area (Å²) in [6.45, 7) is 1.83. The Kier molecular flexibility index (Phi) is 5.64. The van der Waals surface area contributed by atoms with Gasteiger partial charge in [0.1, 0.15) is 0 Å². The highest BCUT2D eigenvalue weighted by Crippen LogP contribution is 2.17. The smallest absolute Gasteiger partial charge is 0.240 e. The third-order valence-corrected chi connectivity index (χ3v) is 4.38. The molecule has 0 atom stereocenters. The maximum atomic E-state index is 11.8. The molecule has 0 bridgehead atoms. The maximum Gasteiger partial charge on any atom is 0.240 e. The molecule has 0 aliphatic rings. The molecule has 0 saturated carbocycles. The first-order chi connectivity index (χ1) is 8.45. The Morgan fingerprint density at radius 3 is 2.33 bits per heavy atom. The number of hydrogen-bond donors (Lipinski definition) is 2. The van der Waals surface area contributed by atoms with E-state index in [1.165, 1.54) is 6.92 Å². The predicted octanol–water partition coefficient (Wildman–Crippen LogP) is 0.823. The third-order valence-electron chi connectivity index (χ3n) is 2.16. The van der Waals surface area contributed by atoms with Crippen LogP contribution in [0.2, 0.25) is 0 Å². The molecule has 1 amide bonds. The molecule has 1 rings (SSSR count). The van der Waals surface area contributed by atoms with Gasteiger partial charge >= 0.3 is 0 Å². The molecule has 0 aromatic heterocycles. The fraction of sp³-hybridized carbons (Fsp3) is 0.364. The van der Waals surface area contributed by atoms with Crippen molar-refractivity contribution >= 4 is 27.7 Å². The lowest BCUT2D eigenvalue weighted by molar-refractivity contribution is -0.118. The summed E-state index contributed by atoms with van der Waals surface area (Å²) in [6, 6.07) is 6.64. The molecule has 1 aromatic rings. The fourth-order valence-electron chi connectivity index (χ4n) is 1.26. The maximum absolute atomic E-state index is 11.8. The first kappa shape index (κ1) is 15.0. The van der Waals surface area contributed by atoms with Crippen LogP contribution in [0.25, 0.3) is 0 Å². The fourth-order valence-corrected chi connectivity index (χ4v) is 2.70. The summed E-state index contributed by atoms with van der Waals surface area (Å²) >= 11 is 1.55. The quantitative estimate of drug-likeness (QED) is 0.600. The average molecular weight is 288 g/mol. The first-order valence-electron chi connectivity index (χ1n) is 5.34. The van der Waals surface area contributed by atoms with E-state index in [0.29, 0.717) is 0 Å². The molecule has 0 unspecified atom stereocenters. The molecule has 0 aliphatic carbocycles. The average Bonchev–Trinajstić information content (AvgIpc) is 2.34. The molecule has 0 aliphatic heterocycles. The van der Waals surface area contributed by atoms with Gasteiger partial charge < -0.3 is 5.32 Å². The van der Waals surface area contributed by atoms with Gasteiger partial charge in [-0.2, -0.15) is 0 Å². The normalized spacial score (nSPS) is 11.2. The van der Waals surface area contributed by atoms with Crippen molar-refractivity contribution in [2.45, 2.75) is 16.7 Å². The Morgan fingerprint density at radius 2 is 1.83 bits per heavy atom. The second kappa shape index (κ2) is 6.77. The Morgan fingerprint density at radius 1 is 1.22 bits per heavy atom. The van der Waals surface area contributed by atoms with E-state index < -0.39 is 10.0 Å². The molecular weight excluding hydrogens is 272 g/mol. The van der Waals surface area contributed by atoms with E-state index >= 15 is 0 Å². The molecule has 0 saturated heterocycles. The number of amides is 1. The lowest BCUT2D eigenvalue weighted by atomic mass is 10.4. The number of thioether (sulfide) groups is 1. The van der Waals surface area contributed by atoms with Crippen LogP contribution in [0.5, 0.6) is 0 Å². The van der Waals surface area contributed by atoms with E-state index in [2.05, 4.69) is 10.0 Å². The van der Waals surface area contributed by atoms with E-state index in [9.17, 15) is 13.2 Å². The summed E-state index contributed by atoms with van der Waals surface area (Å²) in [6.07, 6.45) is 1.93. The highest BCUT2D eigenvalue weighted by molar-refractivity contribution is 7.98. The van der Waals surface area contributed by atoms with E-state index in [1.54, 1.807) is 36.0 Å². The van der Waals surface area contributed by atoms with Crippen molar-refractivity contribution in [1.29, 1.82) is 0 Å². The second-order valence-electron chi connectivity index (χ2n) is 3.56. The van der Waals surface area contributed by atoms with Gasteiger partial charge in [0.05, 0.1) is 4.90 Å². The SMILES string of the molecule is CSc1ccc(S(=O)(=O)NCCNC(C)=O)cc1. The second-order valence-corrected chi connectivity index (χ2v) is 6.20. The van der Waals surface area contributed by atoms with Crippen molar-refractivity contribution in [2.24, 2.45) is 0 Å². The minimum absolute atomic E-state index is 0.173. The molecule has 100 valence electrons. The van der Waals surface area contributed by atoms with Crippen molar-refractivity contribution < 1.29 is 13.2 Å². The number of nitrogens with one attached hydrogen (secondary N) is 2. The van der Waals surface area contributed by atoms with Gasteiger partial charge in [-0.1, -0.05) is 0 Å². The molecule has 0 fully saturated rings. The molecule has 0 heterocycles. The van der Waals surface area contributed by atoms with Crippen LogP contribution in [0.3, 0.4) is 0 Å². The molecule has 0 radical (unpaired) electrons. The summed E-state index contributed by atoms with van der Waals surface area (Å²) in [5.74, 6) is -0.182. The van der Waals surface area contributed by atoms with Gasteiger partial charge in [0.25, 0.3) is 0 Å². The van der Waals surface area contributed by atoms with Gasteiger partial charge in [-0.05, 0) is 30.5 Å². The van der Waals surface area contributed by atoms with E-state index in [1.807, 2.05) is 6.26 Å². The number of hydrogen-bond acceptors (Lipinski definition) is 4. The van der Waals surface area contributed by atoms with Crippen LogP contribution in [0.4, 0.5) is 0 Å². The first-order valence-corrected chi connectivity index (χ1v) is 8.04. The number of sulfonamides is 1. The lowest BCUT2D eigenvalue weighted by Gasteiger charge is -2.07. The zero-order chi connectivity index (χ0) is 13.6. The van der Waals surface area contributed by atoms with Gasteiger partial charge in [-0.3, -0.25) is 4.79 Å². The van der Waals surface area contributed by atoms with Crippen LogP contribution in [0, 0.1) is 0 Å². The van der Waals surface area contributed by atoms with Crippen molar-refractivity contribution in [3.8, 4) is 0 Å². The van der Waals surface area contributed by atoms with Crippen LogP contribution in [-0.4, -0.2) is 33.7 Å². The summed E-state index contributed by atoms with van der Waals surface area (Å²) < 4.78 is 26.1. The van der Waals surface area contributed by atoms with Gasteiger partial charge in [0.15, 0.2) is 0 Å². The minimum Gasteiger partial charge on any atom is -0.355 e. The van der Waals surface area contributed by atoms with Crippen LogP contribution in [0.15, 0.2) is 34.1 Å². The van der Waals surface area contributed by atoms with Crippen LogP contribution < -0.4 is 10.0 Å². The van der Waals surface area contributed by atoms with Crippen LogP contribution in [0.1, 0.15) is 6.92 Å². The number of carbonyl (C=O) groups excluding carboxylic acids is 1. The van der Waals surface area contributed by atoms with E-state index in [4.69, 9.17) is 0 Å². The highest BCUT2D eigenvalue weighted by atomic mass is 32.2. The van der Waals surface area contributed by atoms with Gasteiger partial charge in [-0.15, -0.1) is 11.8 Å². The molecule has 18 heavy (non-hydrogen) atoms. The summed E-state index contributed by atoms with van der Waals surface area (Å²) in [5.41, 5.74) is 0. The Bertz CT molecular complexity index is 498. The molecule has 1 aromatic carbocycles. The van der Waals surface area contributed by atoms with Crippen molar-refractivity contribution in [3.05, 3.63) is 24.3 Å². The zero-order valence-corrected chi connectivity index (χ0v) is 11.9. The van der Waals surface area contributed by atoms with Crippen molar-refractivity contribution in [2.75, 3.05) is 19.3 Å². The zero-order valence-electron chi connectivity index (χ0n) is 10.3. The third kappa shape index (κ3) is 4.67. The molecule has 2 N–H and O–H groups in total. The van der Waals surface area contributed by atoms with Crippen molar-refractivity contribution in [3.63, 3.8) is 0 Å². The summed E-state index contributed by atoms with van der Waals surface area (Å²) in [7, 11) is -3.49. The monoisotopic (exact) mass is 288 g/mol. The minimum atomic E-state index is -3.49. The summed E-state index contributed by atoms with van der Waals surface area (Å²) in [4.78, 5) is 11.8. The summed E-state index contributed by atoms with van der Waals surface area (Å²) in [5, 5.41) is 2.52. The van der Waals surface area contributed by atoms with Gasteiger partial charge in [-0.25, -0.2) is 13.1 Å². The molecular formula is C11H16N2O3S2. The van der Waals surface area contributed by atoms with E-state index in [-0.39, 0.29) is 23.9 Å². The van der Waals surface area contributed by atoms with Gasteiger partial charge in [0, 0.05) is 24.9 Å².